The van der Waals surface area contributed by atoms with Crippen LogP contribution in [0.15, 0.2) is 29.2 Å². The molecular formula is C16H26N2O4S. The number of carbonyl (C=O) groups is 1. The summed E-state index contributed by atoms with van der Waals surface area (Å²) in [6.07, 6.45) is 0. The van der Waals surface area contributed by atoms with Crippen molar-refractivity contribution in [3.8, 4) is 5.75 Å². The minimum Gasteiger partial charge on any atom is -0.484 e. The molecule has 0 spiro atoms. The van der Waals surface area contributed by atoms with Crippen LogP contribution in [-0.2, 0) is 14.8 Å². The number of benzene rings is 1. The third kappa shape index (κ3) is 6.19. The molecule has 1 aromatic rings. The van der Waals surface area contributed by atoms with Crippen LogP contribution >= 0.6 is 0 Å². The third-order valence-electron chi connectivity index (χ3n) is 3.29. The molecule has 1 rings (SSSR count). The highest BCUT2D eigenvalue weighted by Crippen LogP contribution is 2.16. The van der Waals surface area contributed by atoms with Crippen molar-refractivity contribution >= 4 is 15.9 Å². The van der Waals surface area contributed by atoms with Gasteiger partial charge in [-0.1, -0.05) is 13.8 Å². The van der Waals surface area contributed by atoms with E-state index in [2.05, 4.69) is 4.72 Å². The Hall–Kier alpha value is -1.60. The molecule has 0 saturated heterocycles. The molecule has 1 amide bonds. The first-order chi connectivity index (χ1) is 10.8. The van der Waals surface area contributed by atoms with Crippen molar-refractivity contribution in [2.45, 2.75) is 32.6 Å². The second-order valence-electron chi connectivity index (χ2n) is 5.57. The normalized spacial score (nSPS) is 11.5. The van der Waals surface area contributed by atoms with Crippen LogP contribution in [0, 0.1) is 5.92 Å². The average Bonchev–Trinajstić information content (AvgIpc) is 2.52. The molecule has 0 aliphatic heterocycles. The summed E-state index contributed by atoms with van der Waals surface area (Å²) in [5.74, 6) is 0.608. The summed E-state index contributed by atoms with van der Waals surface area (Å²) in [6, 6.07) is 6.05. The second kappa shape index (κ2) is 8.88. The van der Waals surface area contributed by atoms with Crippen molar-refractivity contribution in [3.63, 3.8) is 0 Å². The summed E-state index contributed by atoms with van der Waals surface area (Å²) in [5, 5.41) is 0. The molecule has 0 aromatic heterocycles. The van der Waals surface area contributed by atoms with Gasteiger partial charge in [0.1, 0.15) is 5.75 Å². The highest BCUT2D eigenvalue weighted by Gasteiger charge is 2.15. The van der Waals surface area contributed by atoms with Crippen LogP contribution in [-0.4, -0.2) is 45.5 Å². The summed E-state index contributed by atoms with van der Waals surface area (Å²) in [7, 11) is -3.51. The Bertz CT molecular complexity index is 593. The molecule has 0 saturated carbocycles. The van der Waals surface area contributed by atoms with Crippen molar-refractivity contribution in [2.75, 3.05) is 26.2 Å². The number of likely N-dealkylation sites (N-methyl/N-ethyl adjacent to an activating group) is 1. The van der Waals surface area contributed by atoms with Gasteiger partial charge in [-0.25, -0.2) is 13.1 Å². The van der Waals surface area contributed by atoms with Crippen molar-refractivity contribution in [1.82, 2.24) is 9.62 Å². The Labute approximate surface area is 138 Å². The Kier molecular flexibility index (Phi) is 7.51. The van der Waals surface area contributed by atoms with Crippen molar-refractivity contribution in [3.05, 3.63) is 24.3 Å². The first-order valence-corrected chi connectivity index (χ1v) is 9.28. The minimum atomic E-state index is -3.51. The summed E-state index contributed by atoms with van der Waals surface area (Å²) in [5.41, 5.74) is 0. The van der Waals surface area contributed by atoms with Gasteiger partial charge in [-0.15, -0.1) is 0 Å². The number of nitrogens with one attached hydrogen (secondary N) is 1. The smallest absolute Gasteiger partial charge is 0.260 e. The summed E-state index contributed by atoms with van der Waals surface area (Å²) < 4.78 is 32.1. The van der Waals surface area contributed by atoms with E-state index in [1.807, 2.05) is 27.7 Å². The molecule has 0 unspecified atom stereocenters. The molecule has 0 bridgehead atoms. The van der Waals surface area contributed by atoms with E-state index in [0.29, 0.717) is 25.4 Å². The van der Waals surface area contributed by atoms with Gasteiger partial charge in [0.2, 0.25) is 10.0 Å². The molecule has 0 atom stereocenters. The molecule has 7 heteroatoms. The Morgan fingerprint density at radius 3 is 2.22 bits per heavy atom. The van der Waals surface area contributed by atoms with Gasteiger partial charge in [-0.2, -0.15) is 0 Å². The van der Waals surface area contributed by atoms with Gasteiger partial charge in [0.15, 0.2) is 6.61 Å². The number of sulfonamides is 1. The fraction of sp³-hybridized carbons (Fsp3) is 0.562. The third-order valence-corrected chi connectivity index (χ3v) is 4.73. The van der Waals surface area contributed by atoms with Crippen LogP contribution in [0.5, 0.6) is 5.75 Å². The lowest BCUT2D eigenvalue weighted by atomic mass is 10.2. The lowest BCUT2D eigenvalue weighted by molar-refractivity contribution is -0.132. The predicted octanol–water partition coefficient (Wildman–Crippen LogP) is 1.87. The lowest BCUT2D eigenvalue weighted by Crippen LogP contribution is -2.34. The Balaban J connectivity index is 2.65. The van der Waals surface area contributed by atoms with Crippen molar-refractivity contribution < 1.29 is 17.9 Å². The Morgan fingerprint density at radius 1 is 1.17 bits per heavy atom. The maximum absolute atomic E-state index is 12.1. The number of rotatable bonds is 9. The van der Waals surface area contributed by atoms with Crippen LogP contribution in [0.1, 0.15) is 27.7 Å². The van der Waals surface area contributed by atoms with Crippen LogP contribution < -0.4 is 9.46 Å². The molecular weight excluding hydrogens is 316 g/mol. The summed E-state index contributed by atoms with van der Waals surface area (Å²) >= 11 is 0. The average molecular weight is 342 g/mol. The van der Waals surface area contributed by atoms with Gasteiger partial charge in [0.25, 0.3) is 5.91 Å². The predicted molar refractivity (Wildman–Crippen MR) is 89.9 cm³/mol. The van der Waals surface area contributed by atoms with Crippen molar-refractivity contribution in [2.24, 2.45) is 5.92 Å². The zero-order valence-corrected chi connectivity index (χ0v) is 15.0. The molecule has 6 nitrogen and oxygen atoms in total. The number of ether oxygens (including phenoxy) is 1. The minimum absolute atomic E-state index is 0.0562. The summed E-state index contributed by atoms with van der Waals surface area (Å²) in [4.78, 5) is 13.7. The van der Waals surface area contributed by atoms with E-state index >= 15 is 0 Å². The van der Waals surface area contributed by atoms with E-state index in [-0.39, 0.29) is 23.3 Å². The van der Waals surface area contributed by atoms with Crippen LogP contribution in [0.4, 0.5) is 0 Å². The van der Waals surface area contributed by atoms with Crippen LogP contribution in [0.25, 0.3) is 0 Å². The van der Waals surface area contributed by atoms with Gasteiger partial charge in [0.05, 0.1) is 4.90 Å². The second-order valence-corrected chi connectivity index (χ2v) is 7.34. The molecule has 0 aliphatic rings. The first kappa shape index (κ1) is 19.4. The monoisotopic (exact) mass is 342 g/mol. The quantitative estimate of drug-likeness (QED) is 0.743. The number of carbonyl (C=O) groups excluding carboxylic acids is 1. The van der Waals surface area contributed by atoms with E-state index in [0.717, 1.165) is 0 Å². The molecule has 0 aliphatic carbocycles. The van der Waals surface area contributed by atoms with Crippen LogP contribution in [0.3, 0.4) is 0 Å². The number of hydrogen-bond acceptors (Lipinski definition) is 4. The van der Waals surface area contributed by atoms with Gasteiger partial charge in [0, 0.05) is 19.6 Å². The van der Waals surface area contributed by atoms with E-state index in [1.54, 1.807) is 17.0 Å². The van der Waals surface area contributed by atoms with E-state index in [1.165, 1.54) is 12.1 Å². The number of amides is 1. The first-order valence-electron chi connectivity index (χ1n) is 7.80. The molecule has 0 radical (unpaired) electrons. The molecule has 130 valence electrons. The van der Waals surface area contributed by atoms with E-state index in [9.17, 15) is 13.2 Å². The molecule has 1 aromatic carbocycles. The van der Waals surface area contributed by atoms with Crippen molar-refractivity contribution in [1.29, 1.82) is 0 Å². The van der Waals surface area contributed by atoms with E-state index in [4.69, 9.17) is 4.74 Å². The summed E-state index contributed by atoms with van der Waals surface area (Å²) in [6.45, 7) is 9.29. The van der Waals surface area contributed by atoms with Crippen LogP contribution in [0.2, 0.25) is 0 Å². The SMILES string of the molecule is CCN(CC)C(=O)COc1ccc(S(=O)(=O)NCC(C)C)cc1. The number of nitrogens with zero attached hydrogens (tertiary/aromatic N) is 1. The zero-order chi connectivity index (χ0) is 17.5. The molecule has 0 fully saturated rings. The fourth-order valence-electron chi connectivity index (χ4n) is 1.89. The van der Waals surface area contributed by atoms with Gasteiger partial charge < -0.3 is 9.64 Å². The van der Waals surface area contributed by atoms with Gasteiger partial charge in [-0.3, -0.25) is 4.79 Å². The highest BCUT2D eigenvalue weighted by molar-refractivity contribution is 7.89. The fourth-order valence-corrected chi connectivity index (χ4v) is 3.10. The molecule has 0 heterocycles. The topological polar surface area (TPSA) is 75.7 Å². The molecule has 23 heavy (non-hydrogen) atoms. The highest BCUT2D eigenvalue weighted by atomic mass is 32.2. The number of hydrogen-bond donors (Lipinski definition) is 1. The maximum Gasteiger partial charge on any atom is 0.260 e. The molecule has 1 N–H and O–H groups in total. The zero-order valence-electron chi connectivity index (χ0n) is 14.2. The maximum atomic E-state index is 12.1. The van der Waals surface area contributed by atoms with Gasteiger partial charge >= 0.3 is 0 Å². The lowest BCUT2D eigenvalue weighted by Gasteiger charge is -2.18. The largest absolute Gasteiger partial charge is 0.484 e. The standard InChI is InChI=1S/C16H26N2O4S/c1-5-18(6-2)16(19)12-22-14-7-9-15(10-8-14)23(20,21)17-11-13(3)4/h7-10,13,17H,5-6,11-12H2,1-4H3. The Morgan fingerprint density at radius 2 is 1.74 bits per heavy atom. The van der Waals surface area contributed by atoms with Gasteiger partial charge in [-0.05, 0) is 44.0 Å². The van der Waals surface area contributed by atoms with E-state index < -0.39 is 10.0 Å².